The van der Waals surface area contributed by atoms with Crippen LogP contribution >= 0.6 is 0 Å². The van der Waals surface area contributed by atoms with Crippen LogP contribution < -0.4 is 0 Å². The van der Waals surface area contributed by atoms with E-state index in [4.69, 9.17) is 19.6 Å². The number of benzene rings is 2. The summed E-state index contributed by atoms with van der Waals surface area (Å²) in [5.74, 6) is -0.534. The average Bonchev–Trinajstić information content (AvgIpc) is 2.88. The van der Waals surface area contributed by atoms with Gasteiger partial charge in [-0.3, -0.25) is 9.78 Å². The lowest BCUT2D eigenvalue weighted by Crippen LogP contribution is -2.22. The average molecular weight is 499 g/mol. The van der Waals surface area contributed by atoms with Gasteiger partial charge in [0.25, 0.3) is 0 Å². The summed E-state index contributed by atoms with van der Waals surface area (Å²) in [6.45, 7) is 10.5. The second-order valence-corrected chi connectivity index (χ2v) is 9.83. The molecule has 198 valence electrons. The van der Waals surface area contributed by atoms with Crippen LogP contribution in [0.1, 0.15) is 130 Å². The Labute approximate surface area is 216 Å². The van der Waals surface area contributed by atoms with E-state index in [0.29, 0.717) is 29.4 Å². The van der Waals surface area contributed by atoms with Crippen LogP contribution in [-0.2, 0) is 19.6 Å². The number of carbonyl (C=O) groups excluding carboxylic acids is 2. The maximum absolute atomic E-state index is 12.4. The number of hydrogen-bond acceptors (Lipinski definition) is 6. The van der Waals surface area contributed by atoms with Gasteiger partial charge in [0.1, 0.15) is 0 Å². The summed E-state index contributed by atoms with van der Waals surface area (Å²) in [5.41, 5.74) is 2.99. The highest BCUT2D eigenvalue weighted by atomic mass is 17.3. The van der Waals surface area contributed by atoms with E-state index < -0.39 is 18.2 Å². The molecule has 0 aliphatic heterocycles. The van der Waals surface area contributed by atoms with E-state index in [0.717, 1.165) is 30.4 Å². The molecular formula is C30H42O6. The Kier molecular flexibility index (Phi) is 13.2. The van der Waals surface area contributed by atoms with Crippen molar-refractivity contribution in [1.82, 2.24) is 0 Å². The molecule has 0 amide bonds. The van der Waals surface area contributed by atoms with Gasteiger partial charge in [-0.05, 0) is 53.6 Å². The number of unbranched alkanes of at least 4 members (excludes halogenated alkanes) is 6. The Balaban J connectivity index is 1.90. The van der Waals surface area contributed by atoms with Crippen molar-refractivity contribution < 1.29 is 29.1 Å². The largest absolute Gasteiger partial charge is 0.373 e. The summed E-state index contributed by atoms with van der Waals surface area (Å²) in [4.78, 5) is 45.5. The van der Waals surface area contributed by atoms with Gasteiger partial charge in [0.05, 0.1) is 11.1 Å². The quantitative estimate of drug-likeness (QED) is 0.100. The van der Waals surface area contributed by atoms with Crippen LogP contribution in [0, 0.1) is 0 Å². The predicted octanol–water partition coefficient (Wildman–Crippen LogP) is 8.28. The van der Waals surface area contributed by atoms with E-state index in [2.05, 4.69) is 34.6 Å². The molecular weight excluding hydrogens is 456 g/mol. The van der Waals surface area contributed by atoms with Crippen molar-refractivity contribution >= 4 is 11.9 Å². The van der Waals surface area contributed by atoms with Gasteiger partial charge in [-0.15, -0.1) is 9.78 Å². The number of rotatable bonds is 16. The predicted molar refractivity (Wildman–Crippen MR) is 140 cm³/mol. The van der Waals surface area contributed by atoms with Crippen molar-refractivity contribution in [3.05, 3.63) is 70.8 Å². The molecule has 2 rings (SSSR count). The van der Waals surface area contributed by atoms with E-state index in [1.54, 1.807) is 24.3 Å². The van der Waals surface area contributed by atoms with Gasteiger partial charge >= 0.3 is 11.9 Å². The Morgan fingerprint density at radius 3 is 1.39 bits per heavy atom. The fraction of sp³-hybridized carbons (Fsp3) is 0.533. The first-order chi connectivity index (χ1) is 17.3. The Morgan fingerprint density at radius 2 is 1.00 bits per heavy atom. The van der Waals surface area contributed by atoms with Crippen molar-refractivity contribution in [3.63, 3.8) is 0 Å². The Bertz CT molecular complexity index is 835. The molecule has 0 heterocycles. The zero-order chi connectivity index (χ0) is 26.3. The molecule has 36 heavy (non-hydrogen) atoms. The smallest absolute Gasteiger partial charge is 0.290 e. The first-order valence-corrected chi connectivity index (χ1v) is 13.3. The molecule has 2 aromatic carbocycles. The molecule has 0 unspecified atom stereocenters. The van der Waals surface area contributed by atoms with Crippen LogP contribution in [0.2, 0.25) is 0 Å². The standard InChI is InChI=1S/C30H42O6/c1-6-7-8-9-10-11-12-13-28(33-35-29(31)26-18-14-24(15-19-26)22(2)3)34-36-30(32)27-20-16-25(17-21-27)23(4)5/h14-23,28H,6-13H2,1-5H3. The maximum atomic E-state index is 12.4. The Hall–Kier alpha value is -2.70. The number of hydrogen-bond donors (Lipinski definition) is 0. The Morgan fingerprint density at radius 1 is 0.611 bits per heavy atom. The molecule has 0 fully saturated rings. The molecule has 0 saturated heterocycles. The molecule has 0 aromatic heterocycles. The molecule has 0 atom stereocenters. The maximum Gasteiger partial charge on any atom is 0.373 e. The van der Waals surface area contributed by atoms with Gasteiger partial charge in [0.15, 0.2) is 0 Å². The monoisotopic (exact) mass is 498 g/mol. The normalized spacial score (nSPS) is 11.3. The second-order valence-electron chi connectivity index (χ2n) is 9.83. The van der Waals surface area contributed by atoms with Gasteiger partial charge in [0, 0.05) is 6.42 Å². The number of carbonyl (C=O) groups is 2. The topological polar surface area (TPSA) is 71.1 Å². The van der Waals surface area contributed by atoms with Gasteiger partial charge in [-0.2, -0.15) is 0 Å². The summed E-state index contributed by atoms with van der Waals surface area (Å²) >= 11 is 0. The van der Waals surface area contributed by atoms with Gasteiger partial charge in [0.2, 0.25) is 6.29 Å². The summed E-state index contributed by atoms with van der Waals surface area (Å²) in [5, 5.41) is 0. The van der Waals surface area contributed by atoms with E-state index in [1.165, 1.54) is 25.7 Å². The van der Waals surface area contributed by atoms with Crippen LogP contribution in [0.3, 0.4) is 0 Å². The molecule has 0 bridgehead atoms. The highest BCUT2D eigenvalue weighted by molar-refractivity contribution is 5.89. The van der Waals surface area contributed by atoms with Crippen LogP contribution in [-0.4, -0.2) is 18.2 Å². The minimum absolute atomic E-state index is 0.363. The van der Waals surface area contributed by atoms with Crippen LogP contribution in [0.5, 0.6) is 0 Å². The fourth-order valence-corrected chi connectivity index (χ4v) is 3.68. The second kappa shape index (κ2) is 16.1. The molecule has 0 saturated carbocycles. The van der Waals surface area contributed by atoms with Gasteiger partial charge in [-0.1, -0.05) is 97.4 Å². The first kappa shape index (κ1) is 29.5. The molecule has 2 aromatic rings. The third-order valence-electron chi connectivity index (χ3n) is 6.13. The highest BCUT2D eigenvalue weighted by Gasteiger charge is 2.20. The third-order valence-corrected chi connectivity index (χ3v) is 6.13. The lowest BCUT2D eigenvalue weighted by Gasteiger charge is -2.15. The van der Waals surface area contributed by atoms with Crippen molar-refractivity contribution in [1.29, 1.82) is 0 Å². The summed E-state index contributed by atoms with van der Waals surface area (Å²) in [6.07, 6.45) is 7.16. The lowest BCUT2D eigenvalue weighted by molar-refractivity contribution is -0.421. The summed E-state index contributed by atoms with van der Waals surface area (Å²) < 4.78 is 0. The lowest BCUT2D eigenvalue weighted by atomic mass is 10.0. The van der Waals surface area contributed by atoms with E-state index in [9.17, 15) is 9.59 Å². The minimum atomic E-state index is -1.02. The first-order valence-electron chi connectivity index (χ1n) is 13.3. The van der Waals surface area contributed by atoms with Gasteiger partial charge in [-0.25, -0.2) is 9.59 Å². The van der Waals surface area contributed by atoms with Gasteiger partial charge < -0.3 is 0 Å². The molecule has 6 nitrogen and oxygen atoms in total. The molecule has 0 aliphatic carbocycles. The third kappa shape index (κ3) is 10.5. The minimum Gasteiger partial charge on any atom is -0.290 e. The molecule has 0 N–H and O–H groups in total. The van der Waals surface area contributed by atoms with Crippen LogP contribution in [0.25, 0.3) is 0 Å². The van der Waals surface area contributed by atoms with Crippen molar-refractivity contribution in [2.75, 3.05) is 0 Å². The highest BCUT2D eigenvalue weighted by Crippen LogP contribution is 2.18. The van der Waals surface area contributed by atoms with Crippen molar-refractivity contribution in [3.8, 4) is 0 Å². The molecule has 0 spiro atoms. The van der Waals surface area contributed by atoms with E-state index in [1.807, 2.05) is 24.3 Å². The summed E-state index contributed by atoms with van der Waals surface area (Å²) in [7, 11) is 0. The van der Waals surface area contributed by atoms with Crippen LogP contribution in [0.4, 0.5) is 0 Å². The van der Waals surface area contributed by atoms with Crippen molar-refractivity contribution in [2.24, 2.45) is 0 Å². The zero-order valence-electron chi connectivity index (χ0n) is 22.5. The van der Waals surface area contributed by atoms with E-state index >= 15 is 0 Å². The van der Waals surface area contributed by atoms with Crippen molar-refractivity contribution in [2.45, 2.75) is 104 Å². The molecule has 0 radical (unpaired) electrons. The van der Waals surface area contributed by atoms with E-state index in [-0.39, 0.29) is 0 Å². The summed E-state index contributed by atoms with van der Waals surface area (Å²) in [6, 6.07) is 14.4. The molecule has 6 heteroatoms. The fourth-order valence-electron chi connectivity index (χ4n) is 3.68. The van der Waals surface area contributed by atoms with Crippen LogP contribution in [0.15, 0.2) is 48.5 Å². The zero-order valence-corrected chi connectivity index (χ0v) is 22.5. The SMILES string of the molecule is CCCCCCCCCC(OOC(=O)c1ccc(C(C)C)cc1)OOC(=O)c1ccc(C(C)C)cc1. The molecule has 0 aliphatic rings.